The molecule has 0 unspecified atom stereocenters. The molecule has 0 bridgehead atoms. The standard InChI is InChI=1S/C16H19ClN4O3/c1-5-24-16(22)15-10(8-12(17)20-21-15)18-13-7-6-11(23-4)14(19-13)9(2)3/h6-9H,5H2,1-4H3,(H,18,19,20). The number of anilines is 2. The van der Waals surface area contributed by atoms with Crippen LogP contribution in [-0.4, -0.2) is 34.9 Å². The second-order valence-electron chi connectivity index (χ2n) is 5.21. The van der Waals surface area contributed by atoms with E-state index in [0.717, 1.165) is 5.69 Å². The van der Waals surface area contributed by atoms with Crippen molar-refractivity contribution in [2.45, 2.75) is 26.7 Å². The topological polar surface area (TPSA) is 86.2 Å². The third-order valence-electron chi connectivity index (χ3n) is 3.15. The van der Waals surface area contributed by atoms with Crippen LogP contribution in [0.2, 0.25) is 5.15 Å². The number of carbonyl (C=O) groups is 1. The summed E-state index contributed by atoms with van der Waals surface area (Å²) in [5.41, 5.74) is 1.22. The molecule has 128 valence electrons. The molecule has 2 aromatic heterocycles. The van der Waals surface area contributed by atoms with Crippen LogP contribution in [0.5, 0.6) is 5.75 Å². The number of hydrogen-bond donors (Lipinski definition) is 1. The first-order valence-electron chi connectivity index (χ1n) is 7.48. The van der Waals surface area contributed by atoms with Crippen molar-refractivity contribution in [3.8, 4) is 5.75 Å². The Bertz CT molecular complexity index is 737. The van der Waals surface area contributed by atoms with Crippen molar-refractivity contribution in [1.29, 1.82) is 0 Å². The molecule has 2 rings (SSSR count). The van der Waals surface area contributed by atoms with Crippen LogP contribution >= 0.6 is 11.6 Å². The normalized spacial score (nSPS) is 10.6. The smallest absolute Gasteiger partial charge is 0.361 e. The van der Waals surface area contributed by atoms with Gasteiger partial charge in [-0.3, -0.25) is 0 Å². The fourth-order valence-electron chi connectivity index (χ4n) is 2.07. The molecule has 0 amide bonds. The minimum atomic E-state index is -0.582. The van der Waals surface area contributed by atoms with Crippen molar-refractivity contribution in [3.05, 3.63) is 34.7 Å². The highest BCUT2D eigenvalue weighted by atomic mass is 35.5. The summed E-state index contributed by atoms with van der Waals surface area (Å²) in [6.07, 6.45) is 0. The van der Waals surface area contributed by atoms with Gasteiger partial charge in [0.2, 0.25) is 0 Å². The molecular weight excluding hydrogens is 332 g/mol. The summed E-state index contributed by atoms with van der Waals surface area (Å²) in [4.78, 5) is 16.5. The Hall–Kier alpha value is -2.41. The lowest BCUT2D eigenvalue weighted by Gasteiger charge is -2.14. The van der Waals surface area contributed by atoms with Crippen molar-refractivity contribution in [1.82, 2.24) is 15.2 Å². The highest BCUT2D eigenvalue weighted by molar-refractivity contribution is 6.29. The number of nitrogens with one attached hydrogen (secondary N) is 1. The third-order valence-corrected chi connectivity index (χ3v) is 3.33. The number of nitrogens with zero attached hydrogens (tertiary/aromatic N) is 3. The van der Waals surface area contributed by atoms with Crippen LogP contribution in [0.15, 0.2) is 18.2 Å². The lowest BCUT2D eigenvalue weighted by molar-refractivity contribution is 0.0519. The molecular formula is C16H19ClN4O3. The van der Waals surface area contributed by atoms with E-state index >= 15 is 0 Å². The Morgan fingerprint density at radius 2 is 2.08 bits per heavy atom. The van der Waals surface area contributed by atoms with Gasteiger partial charge in [-0.25, -0.2) is 9.78 Å². The van der Waals surface area contributed by atoms with E-state index in [1.807, 2.05) is 19.9 Å². The molecule has 0 radical (unpaired) electrons. The zero-order valence-corrected chi connectivity index (χ0v) is 14.7. The summed E-state index contributed by atoms with van der Waals surface area (Å²) < 4.78 is 10.3. The zero-order chi connectivity index (χ0) is 17.7. The van der Waals surface area contributed by atoms with Crippen LogP contribution in [0.3, 0.4) is 0 Å². The summed E-state index contributed by atoms with van der Waals surface area (Å²) in [5, 5.41) is 10.7. The van der Waals surface area contributed by atoms with Crippen molar-refractivity contribution in [3.63, 3.8) is 0 Å². The number of hydrogen-bond acceptors (Lipinski definition) is 7. The van der Waals surface area contributed by atoms with E-state index in [2.05, 4.69) is 20.5 Å². The minimum absolute atomic E-state index is 0.0463. The van der Waals surface area contributed by atoms with Gasteiger partial charge in [0.1, 0.15) is 11.6 Å². The summed E-state index contributed by atoms with van der Waals surface area (Å²) in [5.74, 6) is 0.827. The van der Waals surface area contributed by atoms with Gasteiger partial charge in [0, 0.05) is 6.07 Å². The molecule has 0 aromatic carbocycles. The molecule has 1 N–H and O–H groups in total. The van der Waals surface area contributed by atoms with Gasteiger partial charge in [0.15, 0.2) is 10.8 Å². The zero-order valence-electron chi connectivity index (χ0n) is 14.0. The highest BCUT2D eigenvalue weighted by Crippen LogP contribution is 2.28. The van der Waals surface area contributed by atoms with E-state index in [1.54, 1.807) is 20.1 Å². The van der Waals surface area contributed by atoms with E-state index < -0.39 is 5.97 Å². The second-order valence-corrected chi connectivity index (χ2v) is 5.60. The molecule has 2 heterocycles. The molecule has 0 spiro atoms. The largest absolute Gasteiger partial charge is 0.495 e. The molecule has 0 aliphatic heterocycles. The van der Waals surface area contributed by atoms with Gasteiger partial charge in [-0.05, 0) is 25.0 Å². The molecule has 0 aliphatic rings. The fourth-order valence-corrected chi connectivity index (χ4v) is 2.22. The Morgan fingerprint density at radius 1 is 1.33 bits per heavy atom. The van der Waals surface area contributed by atoms with E-state index in [0.29, 0.717) is 17.3 Å². The Kier molecular flexibility index (Phi) is 5.92. The number of rotatable bonds is 6. The summed E-state index contributed by atoms with van der Waals surface area (Å²) >= 11 is 5.89. The number of methoxy groups -OCH3 is 1. The lowest BCUT2D eigenvalue weighted by Crippen LogP contribution is -2.12. The van der Waals surface area contributed by atoms with Gasteiger partial charge >= 0.3 is 5.97 Å². The average molecular weight is 351 g/mol. The third kappa shape index (κ3) is 4.11. The maximum absolute atomic E-state index is 12.0. The number of aromatic nitrogens is 3. The Labute approximate surface area is 145 Å². The molecule has 0 atom stereocenters. The van der Waals surface area contributed by atoms with Gasteiger partial charge in [-0.1, -0.05) is 25.4 Å². The van der Waals surface area contributed by atoms with Crippen molar-refractivity contribution >= 4 is 29.1 Å². The SMILES string of the molecule is CCOC(=O)c1nnc(Cl)cc1Nc1ccc(OC)c(C(C)C)n1. The van der Waals surface area contributed by atoms with Crippen LogP contribution in [0.25, 0.3) is 0 Å². The number of carbonyl (C=O) groups excluding carboxylic acids is 1. The van der Waals surface area contributed by atoms with E-state index in [-0.39, 0.29) is 23.4 Å². The molecule has 0 fully saturated rings. The van der Waals surface area contributed by atoms with Gasteiger partial charge in [-0.15, -0.1) is 10.2 Å². The molecule has 24 heavy (non-hydrogen) atoms. The summed E-state index contributed by atoms with van der Waals surface area (Å²) in [7, 11) is 1.60. The van der Waals surface area contributed by atoms with Gasteiger partial charge in [0.05, 0.1) is 25.1 Å². The first-order chi connectivity index (χ1) is 11.5. The average Bonchev–Trinajstić information content (AvgIpc) is 2.55. The predicted molar refractivity (Wildman–Crippen MR) is 91.2 cm³/mol. The maximum atomic E-state index is 12.0. The minimum Gasteiger partial charge on any atom is -0.495 e. The van der Waals surface area contributed by atoms with Gasteiger partial charge < -0.3 is 14.8 Å². The Morgan fingerprint density at radius 3 is 2.71 bits per heavy atom. The quantitative estimate of drug-likeness (QED) is 0.797. The lowest BCUT2D eigenvalue weighted by atomic mass is 10.1. The van der Waals surface area contributed by atoms with Crippen LogP contribution in [0, 0.1) is 0 Å². The number of esters is 1. The van der Waals surface area contributed by atoms with Gasteiger partial charge in [-0.2, -0.15) is 0 Å². The monoisotopic (exact) mass is 350 g/mol. The molecule has 7 nitrogen and oxygen atoms in total. The van der Waals surface area contributed by atoms with E-state index in [4.69, 9.17) is 21.1 Å². The highest BCUT2D eigenvalue weighted by Gasteiger charge is 2.18. The molecule has 2 aromatic rings. The van der Waals surface area contributed by atoms with Crippen LogP contribution in [0.1, 0.15) is 42.9 Å². The van der Waals surface area contributed by atoms with Crippen molar-refractivity contribution < 1.29 is 14.3 Å². The predicted octanol–water partition coefficient (Wildman–Crippen LogP) is 3.58. The van der Waals surface area contributed by atoms with Crippen LogP contribution in [-0.2, 0) is 4.74 Å². The summed E-state index contributed by atoms with van der Waals surface area (Å²) in [6, 6.07) is 5.06. The molecule has 8 heteroatoms. The van der Waals surface area contributed by atoms with Gasteiger partial charge in [0.25, 0.3) is 0 Å². The Balaban J connectivity index is 2.39. The summed E-state index contributed by atoms with van der Waals surface area (Å²) in [6.45, 7) is 5.99. The van der Waals surface area contributed by atoms with Crippen LogP contribution < -0.4 is 10.1 Å². The fraction of sp³-hybridized carbons (Fsp3) is 0.375. The number of ether oxygens (including phenoxy) is 2. The van der Waals surface area contributed by atoms with E-state index in [9.17, 15) is 4.79 Å². The first-order valence-corrected chi connectivity index (χ1v) is 7.86. The molecule has 0 aliphatic carbocycles. The maximum Gasteiger partial charge on any atom is 0.361 e. The first kappa shape index (κ1) is 17.9. The molecule has 0 saturated carbocycles. The number of pyridine rings is 1. The van der Waals surface area contributed by atoms with Crippen molar-refractivity contribution in [2.75, 3.05) is 19.0 Å². The second kappa shape index (κ2) is 7.92. The molecule has 0 saturated heterocycles. The van der Waals surface area contributed by atoms with Crippen LogP contribution in [0.4, 0.5) is 11.5 Å². The van der Waals surface area contributed by atoms with E-state index in [1.165, 1.54) is 6.07 Å². The number of halogens is 1. The van der Waals surface area contributed by atoms with Crippen molar-refractivity contribution in [2.24, 2.45) is 0 Å².